The van der Waals surface area contributed by atoms with Crippen LogP contribution in [0.5, 0.6) is 0 Å². The molecule has 22 heavy (non-hydrogen) atoms. The SMILES string of the molecule is CSc1ncc(CNC(=O)C(C)n2ccnc2C(C)C)n1C. The number of rotatable bonds is 6. The van der Waals surface area contributed by atoms with Crippen LogP contribution >= 0.6 is 11.8 Å². The van der Waals surface area contributed by atoms with Crippen molar-refractivity contribution in [2.75, 3.05) is 6.26 Å². The van der Waals surface area contributed by atoms with E-state index < -0.39 is 0 Å². The molecule has 1 amide bonds. The highest BCUT2D eigenvalue weighted by molar-refractivity contribution is 7.98. The lowest BCUT2D eigenvalue weighted by atomic mass is 10.2. The van der Waals surface area contributed by atoms with E-state index in [0.717, 1.165) is 16.7 Å². The lowest BCUT2D eigenvalue weighted by molar-refractivity contribution is -0.124. The Morgan fingerprint density at radius 1 is 1.36 bits per heavy atom. The molecule has 0 fully saturated rings. The second-order valence-electron chi connectivity index (χ2n) is 5.54. The van der Waals surface area contributed by atoms with Crippen LogP contribution in [0.2, 0.25) is 0 Å². The highest BCUT2D eigenvalue weighted by Gasteiger charge is 2.19. The van der Waals surface area contributed by atoms with E-state index in [1.165, 1.54) is 0 Å². The van der Waals surface area contributed by atoms with Gasteiger partial charge in [-0.25, -0.2) is 9.97 Å². The molecule has 0 saturated carbocycles. The molecular formula is C15H23N5OS. The Hall–Kier alpha value is -1.76. The second-order valence-corrected chi connectivity index (χ2v) is 6.31. The summed E-state index contributed by atoms with van der Waals surface area (Å²) in [6.07, 6.45) is 7.38. The highest BCUT2D eigenvalue weighted by atomic mass is 32.2. The molecule has 0 spiro atoms. The monoisotopic (exact) mass is 321 g/mol. The topological polar surface area (TPSA) is 64.7 Å². The maximum atomic E-state index is 12.4. The predicted octanol–water partition coefficient (Wildman–Crippen LogP) is 2.34. The van der Waals surface area contributed by atoms with Crippen LogP contribution in [-0.2, 0) is 18.4 Å². The lowest BCUT2D eigenvalue weighted by Crippen LogP contribution is -2.31. The second kappa shape index (κ2) is 7.00. The number of hydrogen-bond acceptors (Lipinski definition) is 4. The van der Waals surface area contributed by atoms with Gasteiger partial charge in [-0.3, -0.25) is 4.79 Å². The van der Waals surface area contributed by atoms with Crippen LogP contribution in [0.25, 0.3) is 0 Å². The standard InChI is InChI=1S/C15H23N5OS/c1-10(2)13-16-6-7-20(13)11(3)14(21)17-8-12-9-18-15(22-5)19(12)4/h6-7,9-11H,8H2,1-5H3,(H,17,21). The molecule has 2 heterocycles. The number of aromatic nitrogens is 4. The van der Waals surface area contributed by atoms with Crippen LogP contribution in [0.3, 0.4) is 0 Å². The minimum Gasteiger partial charge on any atom is -0.349 e. The Balaban J connectivity index is 2.02. The van der Waals surface area contributed by atoms with Crippen molar-refractivity contribution in [1.29, 1.82) is 0 Å². The summed E-state index contributed by atoms with van der Waals surface area (Å²) in [4.78, 5) is 21.0. The van der Waals surface area contributed by atoms with E-state index in [4.69, 9.17) is 0 Å². The van der Waals surface area contributed by atoms with E-state index in [2.05, 4.69) is 29.1 Å². The van der Waals surface area contributed by atoms with E-state index in [1.54, 1.807) is 24.2 Å². The Labute approximate surface area is 135 Å². The third kappa shape index (κ3) is 3.35. The smallest absolute Gasteiger partial charge is 0.243 e. The van der Waals surface area contributed by atoms with Crippen molar-refractivity contribution >= 4 is 17.7 Å². The van der Waals surface area contributed by atoms with Crippen molar-refractivity contribution in [3.63, 3.8) is 0 Å². The molecule has 0 aliphatic rings. The van der Waals surface area contributed by atoms with Gasteiger partial charge in [-0.2, -0.15) is 0 Å². The number of nitrogens with one attached hydrogen (secondary N) is 1. The van der Waals surface area contributed by atoms with Gasteiger partial charge in [0.15, 0.2) is 5.16 Å². The number of amides is 1. The molecule has 7 heteroatoms. The highest BCUT2D eigenvalue weighted by Crippen LogP contribution is 2.18. The van der Waals surface area contributed by atoms with Gasteiger partial charge in [-0.15, -0.1) is 0 Å². The molecule has 0 aromatic carbocycles. The van der Waals surface area contributed by atoms with Crippen LogP contribution in [0.15, 0.2) is 23.7 Å². The summed E-state index contributed by atoms with van der Waals surface area (Å²) in [5.74, 6) is 1.19. The van der Waals surface area contributed by atoms with Crippen molar-refractivity contribution in [2.24, 2.45) is 7.05 Å². The van der Waals surface area contributed by atoms with Gasteiger partial charge in [-0.05, 0) is 13.2 Å². The first kappa shape index (κ1) is 16.6. The van der Waals surface area contributed by atoms with E-state index in [1.807, 2.05) is 35.6 Å². The van der Waals surface area contributed by atoms with Gasteiger partial charge < -0.3 is 14.5 Å². The summed E-state index contributed by atoms with van der Waals surface area (Å²) in [5, 5.41) is 3.91. The van der Waals surface area contributed by atoms with Gasteiger partial charge in [0, 0.05) is 25.4 Å². The Bertz CT molecular complexity index is 646. The van der Waals surface area contributed by atoms with E-state index >= 15 is 0 Å². The van der Waals surface area contributed by atoms with Gasteiger partial charge in [0.05, 0.1) is 18.4 Å². The van der Waals surface area contributed by atoms with Gasteiger partial charge in [0.25, 0.3) is 0 Å². The van der Waals surface area contributed by atoms with Gasteiger partial charge in [0.2, 0.25) is 5.91 Å². The molecular weight excluding hydrogens is 298 g/mol. The summed E-state index contributed by atoms with van der Waals surface area (Å²) >= 11 is 1.59. The molecule has 2 aromatic heterocycles. The fraction of sp³-hybridized carbons (Fsp3) is 0.533. The van der Waals surface area contributed by atoms with Crippen LogP contribution in [-0.4, -0.2) is 31.3 Å². The van der Waals surface area contributed by atoms with Crippen molar-refractivity contribution in [1.82, 2.24) is 24.4 Å². The number of nitrogens with zero attached hydrogens (tertiary/aromatic N) is 4. The van der Waals surface area contributed by atoms with Crippen molar-refractivity contribution in [3.8, 4) is 0 Å². The van der Waals surface area contributed by atoms with Gasteiger partial charge >= 0.3 is 0 Å². The Morgan fingerprint density at radius 2 is 2.09 bits per heavy atom. The van der Waals surface area contributed by atoms with Gasteiger partial charge in [-0.1, -0.05) is 25.6 Å². The molecule has 0 aliphatic carbocycles. The van der Waals surface area contributed by atoms with Crippen molar-refractivity contribution < 1.29 is 4.79 Å². The third-order valence-electron chi connectivity index (χ3n) is 3.68. The Morgan fingerprint density at radius 3 is 2.68 bits per heavy atom. The molecule has 0 radical (unpaired) electrons. The lowest BCUT2D eigenvalue weighted by Gasteiger charge is -2.18. The average molecular weight is 321 g/mol. The molecule has 6 nitrogen and oxygen atoms in total. The molecule has 2 aromatic rings. The summed E-state index contributed by atoms with van der Waals surface area (Å²) < 4.78 is 3.92. The van der Waals surface area contributed by atoms with Crippen LogP contribution in [0, 0.1) is 0 Å². The average Bonchev–Trinajstić information content (AvgIpc) is 3.10. The summed E-state index contributed by atoms with van der Waals surface area (Å²) in [5.41, 5.74) is 0.986. The molecule has 2 rings (SSSR count). The zero-order chi connectivity index (χ0) is 16.3. The number of thioether (sulfide) groups is 1. The maximum absolute atomic E-state index is 12.4. The number of hydrogen-bond donors (Lipinski definition) is 1. The van der Waals surface area contributed by atoms with E-state index in [9.17, 15) is 4.79 Å². The number of carbonyl (C=O) groups is 1. The quantitative estimate of drug-likeness (QED) is 0.830. The van der Waals surface area contributed by atoms with Crippen molar-refractivity contribution in [3.05, 3.63) is 30.1 Å². The fourth-order valence-electron chi connectivity index (χ4n) is 2.33. The minimum atomic E-state index is -0.284. The third-order valence-corrected chi connectivity index (χ3v) is 4.42. The summed E-state index contributed by atoms with van der Waals surface area (Å²) in [6, 6.07) is -0.284. The zero-order valence-corrected chi connectivity index (χ0v) is 14.5. The fourth-order valence-corrected chi connectivity index (χ4v) is 2.88. The number of carbonyl (C=O) groups excluding carboxylic acids is 1. The zero-order valence-electron chi connectivity index (χ0n) is 13.7. The number of imidazole rings is 2. The largest absolute Gasteiger partial charge is 0.349 e. The first-order chi connectivity index (χ1) is 10.5. The Kier molecular flexibility index (Phi) is 5.28. The molecule has 0 bridgehead atoms. The minimum absolute atomic E-state index is 0.0215. The normalized spacial score (nSPS) is 12.6. The molecule has 0 aliphatic heterocycles. The van der Waals surface area contributed by atoms with Gasteiger partial charge in [0.1, 0.15) is 11.9 Å². The molecule has 1 unspecified atom stereocenters. The first-order valence-corrected chi connectivity index (χ1v) is 8.53. The molecule has 1 atom stereocenters. The predicted molar refractivity (Wildman–Crippen MR) is 87.9 cm³/mol. The van der Waals surface area contributed by atoms with Crippen molar-refractivity contribution in [2.45, 2.75) is 44.4 Å². The molecule has 1 N–H and O–H groups in total. The summed E-state index contributed by atoms with van der Waals surface area (Å²) in [6.45, 7) is 6.50. The van der Waals surface area contributed by atoms with Crippen LogP contribution in [0.1, 0.15) is 44.2 Å². The van der Waals surface area contributed by atoms with Crippen LogP contribution in [0.4, 0.5) is 0 Å². The first-order valence-electron chi connectivity index (χ1n) is 7.30. The van der Waals surface area contributed by atoms with E-state index in [0.29, 0.717) is 6.54 Å². The van der Waals surface area contributed by atoms with E-state index in [-0.39, 0.29) is 17.9 Å². The summed E-state index contributed by atoms with van der Waals surface area (Å²) in [7, 11) is 1.95. The molecule has 120 valence electrons. The van der Waals surface area contributed by atoms with Crippen LogP contribution < -0.4 is 5.32 Å². The molecule has 0 saturated heterocycles. The maximum Gasteiger partial charge on any atom is 0.243 e.